The molecule has 0 saturated carbocycles. The van der Waals surface area contributed by atoms with Crippen molar-refractivity contribution < 1.29 is 15.0 Å². The number of carboxylic acid groups (broad SMARTS) is 1. The second-order valence-corrected chi connectivity index (χ2v) is 7.81. The molecule has 1 fully saturated rings. The quantitative estimate of drug-likeness (QED) is 0.367. The number of aliphatic hydroxyl groups is 1. The standard InChI is InChI=1S/C21H41NO3/c1-2-3-4-5-6-7-8-9-10-11-12-13-14-15-18-22-19-16-17-21(22,25)20(23)24/h25H,2-19H2,1H3,(H,23,24)/t21-/m1/s1. The Morgan fingerprint density at radius 2 is 1.28 bits per heavy atom. The zero-order valence-corrected chi connectivity index (χ0v) is 16.5. The molecule has 0 unspecified atom stereocenters. The summed E-state index contributed by atoms with van der Waals surface area (Å²) >= 11 is 0. The molecule has 1 atom stereocenters. The van der Waals surface area contributed by atoms with E-state index in [2.05, 4.69) is 6.92 Å². The average Bonchev–Trinajstić information content (AvgIpc) is 2.97. The number of hydrogen-bond donors (Lipinski definition) is 2. The Morgan fingerprint density at radius 3 is 1.72 bits per heavy atom. The maximum atomic E-state index is 11.2. The van der Waals surface area contributed by atoms with Gasteiger partial charge in [-0.15, -0.1) is 0 Å². The van der Waals surface area contributed by atoms with E-state index in [4.69, 9.17) is 5.11 Å². The Kier molecular flexibility index (Phi) is 12.2. The minimum Gasteiger partial charge on any atom is -0.478 e. The molecule has 0 radical (unpaired) electrons. The van der Waals surface area contributed by atoms with Crippen molar-refractivity contribution in [3.05, 3.63) is 0 Å². The van der Waals surface area contributed by atoms with Crippen LogP contribution in [-0.2, 0) is 4.79 Å². The lowest BCUT2D eigenvalue weighted by atomic mass is 10.0. The number of carbonyl (C=O) groups is 1. The molecule has 0 aromatic heterocycles. The third kappa shape index (κ3) is 9.05. The molecule has 1 saturated heterocycles. The molecule has 148 valence electrons. The van der Waals surface area contributed by atoms with Gasteiger partial charge in [0.05, 0.1) is 0 Å². The first-order valence-corrected chi connectivity index (χ1v) is 10.8. The number of likely N-dealkylation sites (tertiary alicyclic amines) is 1. The van der Waals surface area contributed by atoms with Gasteiger partial charge in [0.1, 0.15) is 0 Å². The first-order chi connectivity index (χ1) is 12.1. The van der Waals surface area contributed by atoms with Gasteiger partial charge in [0, 0.05) is 19.5 Å². The first-order valence-electron chi connectivity index (χ1n) is 10.8. The highest BCUT2D eigenvalue weighted by Crippen LogP contribution is 2.27. The number of carboxylic acids is 1. The molecule has 4 heteroatoms. The van der Waals surface area contributed by atoms with E-state index in [1.165, 1.54) is 77.0 Å². The molecule has 1 aliphatic rings. The average molecular weight is 356 g/mol. The van der Waals surface area contributed by atoms with Crippen molar-refractivity contribution in [2.24, 2.45) is 0 Å². The molecule has 1 aliphatic heterocycles. The van der Waals surface area contributed by atoms with Crippen LogP contribution in [0, 0.1) is 0 Å². The second-order valence-electron chi connectivity index (χ2n) is 7.81. The van der Waals surface area contributed by atoms with Gasteiger partial charge in [-0.25, -0.2) is 4.79 Å². The van der Waals surface area contributed by atoms with Crippen LogP contribution >= 0.6 is 0 Å². The fraction of sp³-hybridized carbons (Fsp3) is 0.952. The fourth-order valence-corrected chi connectivity index (χ4v) is 3.90. The highest BCUT2D eigenvalue weighted by molar-refractivity contribution is 5.76. The Balaban J connectivity index is 1.86. The van der Waals surface area contributed by atoms with Gasteiger partial charge in [-0.3, -0.25) is 4.90 Å². The van der Waals surface area contributed by atoms with Crippen LogP contribution in [0.2, 0.25) is 0 Å². The smallest absolute Gasteiger partial charge is 0.351 e. The largest absolute Gasteiger partial charge is 0.478 e. The van der Waals surface area contributed by atoms with E-state index >= 15 is 0 Å². The van der Waals surface area contributed by atoms with Crippen molar-refractivity contribution in [2.45, 2.75) is 115 Å². The van der Waals surface area contributed by atoms with Gasteiger partial charge in [0.2, 0.25) is 5.72 Å². The molecule has 0 aromatic carbocycles. The minimum absolute atomic E-state index is 0.362. The van der Waals surface area contributed by atoms with Gasteiger partial charge >= 0.3 is 5.97 Å². The predicted molar refractivity (Wildman–Crippen MR) is 104 cm³/mol. The summed E-state index contributed by atoms with van der Waals surface area (Å²) in [6.07, 6.45) is 19.7. The molecule has 0 aromatic rings. The third-order valence-electron chi connectivity index (χ3n) is 5.60. The van der Waals surface area contributed by atoms with Crippen LogP contribution < -0.4 is 0 Å². The molecule has 0 spiro atoms. The summed E-state index contributed by atoms with van der Waals surface area (Å²) in [5, 5.41) is 19.3. The maximum Gasteiger partial charge on any atom is 0.351 e. The molecule has 2 N–H and O–H groups in total. The van der Waals surface area contributed by atoms with Crippen LogP contribution in [0.25, 0.3) is 0 Å². The lowest BCUT2D eigenvalue weighted by molar-refractivity contribution is -0.176. The molecule has 1 heterocycles. The monoisotopic (exact) mass is 355 g/mol. The van der Waals surface area contributed by atoms with Crippen molar-refractivity contribution in [1.82, 2.24) is 4.90 Å². The highest BCUT2D eigenvalue weighted by atomic mass is 16.4. The summed E-state index contributed by atoms with van der Waals surface area (Å²) in [6.45, 7) is 3.68. The molecular weight excluding hydrogens is 314 g/mol. The van der Waals surface area contributed by atoms with Gasteiger partial charge in [-0.05, 0) is 12.8 Å². The maximum absolute atomic E-state index is 11.2. The van der Waals surface area contributed by atoms with Gasteiger partial charge < -0.3 is 10.2 Å². The van der Waals surface area contributed by atoms with E-state index in [-0.39, 0.29) is 0 Å². The van der Waals surface area contributed by atoms with Gasteiger partial charge in [-0.1, -0.05) is 90.4 Å². The van der Waals surface area contributed by atoms with Crippen LogP contribution in [0.4, 0.5) is 0 Å². The van der Waals surface area contributed by atoms with Crippen molar-refractivity contribution in [3.8, 4) is 0 Å². The van der Waals surface area contributed by atoms with Crippen LogP contribution in [0.5, 0.6) is 0 Å². The number of rotatable bonds is 16. The van der Waals surface area contributed by atoms with Gasteiger partial charge in [0.15, 0.2) is 0 Å². The van der Waals surface area contributed by atoms with Crippen molar-refractivity contribution in [2.75, 3.05) is 13.1 Å². The molecule has 25 heavy (non-hydrogen) atoms. The predicted octanol–water partition coefficient (Wildman–Crippen LogP) is 5.34. The summed E-state index contributed by atoms with van der Waals surface area (Å²) in [6, 6.07) is 0. The molecule has 0 bridgehead atoms. The van der Waals surface area contributed by atoms with E-state index in [1.54, 1.807) is 4.90 Å². The van der Waals surface area contributed by atoms with Crippen molar-refractivity contribution >= 4 is 5.97 Å². The van der Waals surface area contributed by atoms with E-state index in [1.807, 2.05) is 0 Å². The van der Waals surface area contributed by atoms with E-state index in [0.29, 0.717) is 19.5 Å². The summed E-state index contributed by atoms with van der Waals surface area (Å²) in [5.41, 5.74) is -1.60. The lowest BCUT2D eigenvalue weighted by Gasteiger charge is -2.29. The van der Waals surface area contributed by atoms with Crippen molar-refractivity contribution in [3.63, 3.8) is 0 Å². The van der Waals surface area contributed by atoms with Gasteiger partial charge in [0.25, 0.3) is 0 Å². The van der Waals surface area contributed by atoms with Crippen LogP contribution in [0.1, 0.15) is 110 Å². The SMILES string of the molecule is CCCCCCCCCCCCCCCCN1CCC[C@@]1(O)C(=O)O. The lowest BCUT2D eigenvalue weighted by Crippen LogP contribution is -2.50. The molecule has 0 aliphatic carbocycles. The third-order valence-corrected chi connectivity index (χ3v) is 5.60. The Bertz CT molecular complexity index is 348. The first kappa shape index (κ1) is 22.4. The summed E-state index contributed by atoms with van der Waals surface area (Å²) in [4.78, 5) is 12.9. The van der Waals surface area contributed by atoms with E-state index in [0.717, 1.165) is 19.3 Å². The topological polar surface area (TPSA) is 60.8 Å². The van der Waals surface area contributed by atoms with Gasteiger partial charge in [-0.2, -0.15) is 0 Å². The fourth-order valence-electron chi connectivity index (χ4n) is 3.90. The van der Waals surface area contributed by atoms with Crippen molar-refractivity contribution in [1.29, 1.82) is 0 Å². The Morgan fingerprint density at radius 1 is 0.840 bits per heavy atom. The Labute approximate surface area is 155 Å². The molecular formula is C21H41NO3. The van der Waals surface area contributed by atoms with Crippen LogP contribution in [-0.4, -0.2) is 39.9 Å². The minimum atomic E-state index is -1.60. The summed E-state index contributed by atoms with van der Waals surface area (Å²) < 4.78 is 0. The number of aliphatic carboxylic acids is 1. The highest BCUT2D eigenvalue weighted by Gasteiger charge is 2.45. The zero-order chi connectivity index (χ0) is 18.4. The number of hydrogen-bond acceptors (Lipinski definition) is 3. The number of nitrogens with zero attached hydrogens (tertiary/aromatic N) is 1. The zero-order valence-electron chi connectivity index (χ0n) is 16.5. The molecule has 4 nitrogen and oxygen atoms in total. The van der Waals surface area contributed by atoms with Crippen LogP contribution in [0.15, 0.2) is 0 Å². The summed E-state index contributed by atoms with van der Waals surface area (Å²) in [5.74, 6) is -1.09. The Hall–Kier alpha value is -0.610. The normalized spacial score (nSPS) is 21.0. The van der Waals surface area contributed by atoms with E-state index < -0.39 is 11.7 Å². The van der Waals surface area contributed by atoms with Crippen LogP contribution in [0.3, 0.4) is 0 Å². The molecule has 1 rings (SSSR count). The van der Waals surface area contributed by atoms with E-state index in [9.17, 15) is 9.90 Å². The molecule has 0 amide bonds. The number of unbranched alkanes of at least 4 members (excludes halogenated alkanes) is 13. The summed E-state index contributed by atoms with van der Waals surface area (Å²) in [7, 11) is 0. The second kappa shape index (κ2) is 13.6.